The average molecular weight is 307 g/mol. The summed E-state index contributed by atoms with van der Waals surface area (Å²) in [6.07, 6.45) is 0.555. The summed E-state index contributed by atoms with van der Waals surface area (Å²) in [7, 11) is 0. The van der Waals surface area contributed by atoms with E-state index in [9.17, 15) is 4.79 Å². The summed E-state index contributed by atoms with van der Waals surface area (Å²) in [5.74, 6) is 0. The van der Waals surface area contributed by atoms with Gasteiger partial charge in [0.1, 0.15) is 5.60 Å². The highest BCUT2D eigenvalue weighted by Crippen LogP contribution is 2.30. The Hall–Kier alpha value is -1.68. The normalized spacial score (nSPS) is 15.1. The Morgan fingerprint density at radius 1 is 1.38 bits per heavy atom. The minimum Gasteiger partial charge on any atom is -0.444 e. The summed E-state index contributed by atoms with van der Waals surface area (Å²) < 4.78 is 5.44. The first-order valence-electron chi connectivity index (χ1n) is 7.10. The third-order valence-corrected chi connectivity index (χ3v) is 3.82. The molecule has 4 nitrogen and oxygen atoms in total. The van der Waals surface area contributed by atoms with Crippen LogP contribution in [0.4, 0.5) is 4.79 Å². The first-order chi connectivity index (χ1) is 9.83. The van der Waals surface area contributed by atoms with E-state index in [4.69, 9.17) is 16.3 Å². The Kier molecular flexibility index (Phi) is 3.36. The van der Waals surface area contributed by atoms with Gasteiger partial charge in [0, 0.05) is 28.2 Å². The van der Waals surface area contributed by atoms with Gasteiger partial charge in [-0.05, 0) is 51.0 Å². The maximum atomic E-state index is 12.2. The van der Waals surface area contributed by atoms with Crippen molar-refractivity contribution in [3.05, 3.63) is 34.5 Å². The van der Waals surface area contributed by atoms with Crippen LogP contribution in [0, 0.1) is 0 Å². The molecular weight excluding hydrogens is 288 g/mol. The third-order valence-electron chi connectivity index (χ3n) is 3.59. The molecule has 0 unspecified atom stereocenters. The lowest BCUT2D eigenvalue weighted by Gasteiger charge is -2.30. The summed E-state index contributed by atoms with van der Waals surface area (Å²) in [6, 6.07) is 5.83. The van der Waals surface area contributed by atoms with Crippen LogP contribution in [0.15, 0.2) is 18.2 Å². The van der Waals surface area contributed by atoms with Gasteiger partial charge in [0.15, 0.2) is 0 Å². The van der Waals surface area contributed by atoms with Crippen molar-refractivity contribution in [3.63, 3.8) is 0 Å². The van der Waals surface area contributed by atoms with E-state index in [1.54, 1.807) is 4.90 Å². The van der Waals surface area contributed by atoms with Crippen molar-refractivity contribution >= 4 is 28.6 Å². The number of carbonyl (C=O) groups is 1. The maximum Gasteiger partial charge on any atom is 0.410 e. The van der Waals surface area contributed by atoms with Gasteiger partial charge in [0.2, 0.25) is 0 Å². The highest BCUT2D eigenvalue weighted by molar-refractivity contribution is 6.31. The predicted molar refractivity (Wildman–Crippen MR) is 83.7 cm³/mol. The average Bonchev–Trinajstić information content (AvgIpc) is 2.73. The van der Waals surface area contributed by atoms with Crippen LogP contribution in [0.25, 0.3) is 10.9 Å². The minimum atomic E-state index is -0.467. The van der Waals surface area contributed by atoms with E-state index in [-0.39, 0.29) is 6.09 Å². The molecule has 112 valence electrons. The second-order valence-corrected chi connectivity index (χ2v) is 6.86. The molecule has 0 spiro atoms. The van der Waals surface area contributed by atoms with E-state index in [0.717, 1.165) is 28.0 Å². The lowest BCUT2D eigenvalue weighted by Crippen LogP contribution is -2.39. The van der Waals surface area contributed by atoms with Crippen LogP contribution >= 0.6 is 11.6 Å². The van der Waals surface area contributed by atoms with Crippen LogP contribution in [0.3, 0.4) is 0 Å². The predicted octanol–water partition coefficient (Wildman–Crippen LogP) is 4.11. The van der Waals surface area contributed by atoms with Gasteiger partial charge in [-0.3, -0.25) is 0 Å². The molecule has 0 saturated carbocycles. The summed E-state index contributed by atoms with van der Waals surface area (Å²) in [5, 5.41) is 1.89. The number of nitrogens with one attached hydrogen (secondary N) is 1. The van der Waals surface area contributed by atoms with E-state index in [1.165, 1.54) is 5.56 Å². The highest BCUT2D eigenvalue weighted by Gasteiger charge is 2.27. The molecule has 21 heavy (non-hydrogen) atoms. The van der Waals surface area contributed by atoms with E-state index < -0.39 is 5.60 Å². The number of carbonyl (C=O) groups excluding carboxylic acids is 1. The van der Waals surface area contributed by atoms with Gasteiger partial charge in [-0.2, -0.15) is 0 Å². The maximum absolute atomic E-state index is 12.2. The molecule has 0 aliphatic carbocycles. The summed E-state index contributed by atoms with van der Waals surface area (Å²) >= 11 is 6.07. The molecule has 0 radical (unpaired) electrons. The molecule has 0 fully saturated rings. The van der Waals surface area contributed by atoms with Crippen molar-refractivity contribution in [2.24, 2.45) is 0 Å². The van der Waals surface area contributed by atoms with Crippen molar-refractivity contribution in [1.29, 1.82) is 0 Å². The Morgan fingerprint density at radius 3 is 2.86 bits per heavy atom. The number of H-pyrrole nitrogens is 1. The third kappa shape index (κ3) is 2.86. The van der Waals surface area contributed by atoms with Crippen molar-refractivity contribution in [1.82, 2.24) is 9.88 Å². The molecule has 1 amide bonds. The molecule has 1 N–H and O–H groups in total. The Morgan fingerprint density at radius 2 is 2.14 bits per heavy atom. The van der Waals surface area contributed by atoms with Crippen molar-refractivity contribution in [3.8, 4) is 0 Å². The highest BCUT2D eigenvalue weighted by atomic mass is 35.5. The molecule has 0 bridgehead atoms. The van der Waals surface area contributed by atoms with Gasteiger partial charge in [0.05, 0.1) is 6.54 Å². The van der Waals surface area contributed by atoms with E-state index in [1.807, 2.05) is 39.0 Å². The molecular formula is C16H19ClN2O2. The second kappa shape index (κ2) is 4.95. The number of amides is 1. The molecule has 0 atom stereocenters. The van der Waals surface area contributed by atoms with Gasteiger partial charge < -0.3 is 14.6 Å². The van der Waals surface area contributed by atoms with Crippen LogP contribution < -0.4 is 0 Å². The van der Waals surface area contributed by atoms with Gasteiger partial charge in [-0.25, -0.2) is 4.79 Å². The van der Waals surface area contributed by atoms with Crippen LogP contribution in [0.5, 0.6) is 0 Å². The Bertz CT molecular complexity index is 700. The molecule has 1 aromatic carbocycles. The molecule has 3 rings (SSSR count). The lowest BCUT2D eigenvalue weighted by atomic mass is 10.0. The van der Waals surface area contributed by atoms with Crippen LogP contribution in [-0.4, -0.2) is 28.1 Å². The fraction of sp³-hybridized carbons (Fsp3) is 0.438. The van der Waals surface area contributed by atoms with Gasteiger partial charge in [-0.15, -0.1) is 0 Å². The minimum absolute atomic E-state index is 0.259. The number of benzene rings is 1. The van der Waals surface area contributed by atoms with Crippen LogP contribution in [0.1, 0.15) is 32.0 Å². The lowest BCUT2D eigenvalue weighted by molar-refractivity contribution is 0.0222. The van der Waals surface area contributed by atoms with Crippen molar-refractivity contribution < 1.29 is 9.53 Å². The molecule has 0 saturated heterocycles. The largest absolute Gasteiger partial charge is 0.444 e. The number of fused-ring (bicyclic) bond motifs is 3. The molecule has 5 heteroatoms. The first-order valence-corrected chi connectivity index (χ1v) is 7.48. The molecule has 1 aliphatic heterocycles. The number of rotatable bonds is 0. The smallest absolute Gasteiger partial charge is 0.410 e. The molecule has 1 aliphatic rings. The zero-order chi connectivity index (χ0) is 15.2. The standard InChI is InChI=1S/C16H19ClN2O2/c1-16(2,3)21-15(20)19-7-6-11-12-8-10(17)4-5-13(12)18-14(11)9-19/h4-5,8,18H,6-7,9H2,1-3H3. The zero-order valence-corrected chi connectivity index (χ0v) is 13.3. The van der Waals surface area contributed by atoms with Crippen LogP contribution in [-0.2, 0) is 17.7 Å². The van der Waals surface area contributed by atoms with Crippen LogP contribution in [0.2, 0.25) is 5.02 Å². The zero-order valence-electron chi connectivity index (χ0n) is 12.5. The number of aromatic nitrogens is 1. The molecule has 1 aromatic heterocycles. The van der Waals surface area contributed by atoms with Crippen molar-refractivity contribution in [2.75, 3.05) is 6.54 Å². The Labute approximate surface area is 129 Å². The van der Waals surface area contributed by atoms with Gasteiger partial charge in [-0.1, -0.05) is 11.6 Å². The summed E-state index contributed by atoms with van der Waals surface area (Å²) in [4.78, 5) is 17.3. The molecule has 2 heterocycles. The topological polar surface area (TPSA) is 45.3 Å². The van der Waals surface area contributed by atoms with E-state index in [0.29, 0.717) is 13.1 Å². The fourth-order valence-corrected chi connectivity index (χ4v) is 2.87. The first kappa shape index (κ1) is 14.3. The van der Waals surface area contributed by atoms with E-state index >= 15 is 0 Å². The van der Waals surface area contributed by atoms with Gasteiger partial charge >= 0.3 is 6.09 Å². The summed E-state index contributed by atoms with van der Waals surface area (Å²) in [6.45, 7) is 6.86. The fourth-order valence-electron chi connectivity index (χ4n) is 2.70. The quantitative estimate of drug-likeness (QED) is 0.796. The number of ether oxygens (including phenoxy) is 1. The van der Waals surface area contributed by atoms with Crippen molar-refractivity contribution in [2.45, 2.75) is 39.3 Å². The van der Waals surface area contributed by atoms with Gasteiger partial charge in [0.25, 0.3) is 0 Å². The SMILES string of the molecule is CC(C)(C)OC(=O)N1CCc2c([nH]c3ccc(Cl)cc23)C1. The number of hydrogen-bond donors (Lipinski definition) is 1. The van der Waals surface area contributed by atoms with E-state index in [2.05, 4.69) is 4.98 Å². The monoisotopic (exact) mass is 306 g/mol. The summed E-state index contributed by atoms with van der Waals surface area (Å²) in [5.41, 5.74) is 2.93. The molecule has 2 aromatic rings. The number of nitrogens with zero attached hydrogens (tertiary/aromatic N) is 1. The number of aromatic amines is 1. The second-order valence-electron chi connectivity index (χ2n) is 6.42. The number of hydrogen-bond acceptors (Lipinski definition) is 2. The number of halogens is 1. The Balaban J connectivity index is 1.86.